The average Bonchev–Trinajstić information content (AvgIpc) is 3.01. The number of rotatable bonds is 4. The monoisotopic (exact) mass is 405 g/mol. The Morgan fingerprint density at radius 3 is 2.39 bits per heavy atom. The van der Waals surface area contributed by atoms with Crippen LogP contribution in [0.3, 0.4) is 0 Å². The molecule has 150 valence electrons. The summed E-state index contributed by atoms with van der Waals surface area (Å²) < 4.78 is 84.2. The summed E-state index contributed by atoms with van der Waals surface area (Å²) in [4.78, 5) is 7.08. The lowest BCUT2D eigenvalue weighted by Gasteiger charge is -2.18. The van der Waals surface area contributed by atoms with Crippen LogP contribution in [0, 0.1) is 6.92 Å². The third kappa shape index (κ3) is 4.03. The molecule has 3 rings (SSSR count). The maximum Gasteiger partial charge on any atom is 0.433 e. The second kappa shape index (κ2) is 6.97. The Kier molecular flexibility index (Phi) is 4.96. The standard InChI is InChI=1S/C17H13F6N3O2/c1-8-7-28-15(25-8)24-6-12(27)10-5-13(17(21,22)23)26-14-9(10)3-2-4-11(14)16(18,19)20/h2-5,7,12,27H,6H2,1H3,(H,24,25). The summed E-state index contributed by atoms with van der Waals surface area (Å²) in [6.07, 6.45) is -10.2. The van der Waals surface area contributed by atoms with Crippen LogP contribution in [0.4, 0.5) is 32.4 Å². The minimum absolute atomic E-state index is 0.0157. The number of halogens is 6. The van der Waals surface area contributed by atoms with E-state index in [1.165, 1.54) is 12.3 Å². The van der Waals surface area contributed by atoms with Gasteiger partial charge in [0.25, 0.3) is 6.01 Å². The van der Waals surface area contributed by atoms with E-state index in [2.05, 4.69) is 15.3 Å². The topological polar surface area (TPSA) is 71.2 Å². The van der Waals surface area contributed by atoms with Gasteiger partial charge in [-0.1, -0.05) is 12.1 Å². The zero-order valence-electron chi connectivity index (χ0n) is 14.2. The van der Waals surface area contributed by atoms with Crippen molar-refractivity contribution < 1.29 is 35.9 Å². The van der Waals surface area contributed by atoms with Gasteiger partial charge in [-0.2, -0.15) is 31.3 Å². The number of hydrogen-bond acceptors (Lipinski definition) is 5. The van der Waals surface area contributed by atoms with E-state index in [1.54, 1.807) is 6.92 Å². The van der Waals surface area contributed by atoms with Gasteiger partial charge >= 0.3 is 12.4 Å². The van der Waals surface area contributed by atoms with Gasteiger partial charge in [-0.25, -0.2) is 4.98 Å². The first-order chi connectivity index (χ1) is 13.0. The lowest BCUT2D eigenvalue weighted by molar-refractivity contribution is -0.142. The Morgan fingerprint density at radius 1 is 1.11 bits per heavy atom. The SMILES string of the molecule is Cc1coc(NCC(O)c2cc(C(F)(F)F)nc3c(C(F)(F)F)cccc23)n1. The molecule has 0 aliphatic carbocycles. The number of anilines is 1. The number of para-hydroxylation sites is 1. The number of pyridine rings is 1. The third-order valence-corrected chi connectivity index (χ3v) is 3.89. The van der Waals surface area contributed by atoms with Gasteiger partial charge in [0.1, 0.15) is 12.0 Å². The van der Waals surface area contributed by atoms with Crippen molar-refractivity contribution in [3.05, 3.63) is 53.0 Å². The van der Waals surface area contributed by atoms with Crippen LogP contribution in [-0.4, -0.2) is 21.6 Å². The molecule has 3 aromatic rings. The van der Waals surface area contributed by atoms with Gasteiger partial charge in [-0.3, -0.25) is 0 Å². The number of nitrogens with zero attached hydrogens (tertiary/aromatic N) is 2. The molecule has 0 radical (unpaired) electrons. The number of alkyl halides is 6. The smallest absolute Gasteiger partial charge is 0.432 e. The van der Waals surface area contributed by atoms with Crippen molar-refractivity contribution in [1.82, 2.24) is 9.97 Å². The molecule has 0 spiro atoms. The van der Waals surface area contributed by atoms with E-state index in [1.807, 2.05) is 0 Å². The number of aliphatic hydroxyl groups excluding tert-OH is 1. The Morgan fingerprint density at radius 2 is 1.82 bits per heavy atom. The van der Waals surface area contributed by atoms with Crippen LogP contribution < -0.4 is 5.32 Å². The number of hydrogen-bond donors (Lipinski definition) is 2. The van der Waals surface area contributed by atoms with E-state index in [0.29, 0.717) is 17.8 Å². The fourth-order valence-electron chi connectivity index (χ4n) is 2.65. The predicted octanol–water partition coefficient (Wildman–Crippen LogP) is 4.71. The normalized spacial score (nSPS) is 13.7. The van der Waals surface area contributed by atoms with Crippen LogP contribution in [0.5, 0.6) is 0 Å². The Hall–Kier alpha value is -2.82. The highest BCUT2D eigenvalue weighted by Gasteiger charge is 2.38. The van der Waals surface area contributed by atoms with Gasteiger partial charge in [0, 0.05) is 11.9 Å². The van der Waals surface area contributed by atoms with Gasteiger partial charge in [-0.05, 0) is 24.6 Å². The zero-order valence-corrected chi connectivity index (χ0v) is 14.2. The first kappa shape index (κ1) is 19.9. The van der Waals surface area contributed by atoms with Crippen LogP contribution in [0.1, 0.15) is 28.6 Å². The van der Waals surface area contributed by atoms with Crippen LogP contribution >= 0.6 is 0 Å². The molecule has 2 aromatic heterocycles. The number of benzene rings is 1. The second-order valence-corrected chi connectivity index (χ2v) is 5.98. The van der Waals surface area contributed by atoms with Gasteiger partial charge in [-0.15, -0.1) is 0 Å². The van der Waals surface area contributed by atoms with Gasteiger partial charge in [0.15, 0.2) is 0 Å². The molecule has 11 heteroatoms. The number of fused-ring (bicyclic) bond motifs is 1. The number of oxazole rings is 1. The summed E-state index contributed by atoms with van der Waals surface area (Å²) in [5.41, 5.74) is -3.55. The summed E-state index contributed by atoms with van der Waals surface area (Å²) in [6, 6.07) is 3.41. The molecule has 0 fully saturated rings. The summed E-state index contributed by atoms with van der Waals surface area (Å²) in [6.45, 7) is 1.29. The van der Waals surface area contributed by atoms with E-state index in [-0.39, 0.29) is 23.5 Å². The summed E-state index contributed by atoms with van der Waals surface area (Å²) in [5.74, 6) is 0. The number of aromatic nitrogens is 2. The summed E-state index contributed by atoms with van der Waals surface area (Å²) >= 11 is 0. The molecule has 28 heavy (non-hydrogen) atoms. The Labute approximate surface area is 154 Å². The van der Waals surface area contributed by atoms with E-state index in [4.69, 9.17) is 4.42 Å². The zero-order chi connectivity index (χ0) is 20.7. The lowest BCUT2D eigenvalue weighted by atomic mass is 9.99. The second-order valence-electron chi connectivity index (χ2n) is 5.98. The molecule has 2 heterocycles. The first-order valence-corrected chi connectivity index (χ1v) is 7.89. The quantitative estimate of drug-likeness (QED) is 0.615. The molecule has 0 amide bonds. The number of aliphatic hydroxyl groups is 1. The van der Waals surface area contributed by atoms with Crippen molar-refractivity contribution in [2.24, 2.45) is 0 Å². The van der Waals surface area contributed by atoms with E-state index < -0.39 is 35.2 Å². The number of aryl methyl sites for hydroxylation is 1. The molecule has 0 aliphatic rings. The molecule has 1 aromatic carbocycles. The number of nitrogens with one attached hydrogen (secondary N) is 1. The summed E-state index contributed by atoms with van der Waals surface area (Å²) in [5, 5.41) is 12.7. The summed E-state index contributed by atoms with van der Waals surface area (Å²) in [7, 11) is 0. The maximum atomic E-state index is 13.2. The third-order valence-electron chi connectivity index (χ3n) is 3.89. The molecule has 0 bridgehead atoms. The van der Waals surface area contributed by atoms with Crippen molar-refractivity contribution in [2.45, 2.75) is 25.4 Å². The molecule has 2 N–H and O–H groups in total. The maximum absolute atomic E-state index is 13.2. The Bertz CT molecular complexity index is 997. The molecule has 1 atom stereocenters. The molecule has 1 unspecified atom stereocenters. The van der Waals surface area contributed by atoms with Crippen molar-refractivity contribution in [3.63, 3.8) is 0 Å². The van der Waals surface area contributed by atoms with Crippen molar-refractivity contribution in [3.8, 4) is 0 Å². The van der Waals surface area contributed by atoms with Crippen molar-refractivity contribution >= 4 is 16.9 Å². The average molecular weight is 405 g/mol. The molecule has 5 nitrogen and oxygen atoms in total. The van der Waals surface area contributed by atoms with Crippen molar-refractivity contribution in [1.29, 1.82) is 0 Å². The lowest BCUT2D eigenvalue weighted by Crippen LogP contribution is -2.17. The minimum atomic E-state index is -4.99. The molecule has 0 saturated heterocycles. The molecule has 0 aliphatic heterocycles. The van der Waals surface area contributed by atoms with E-state index in [9.17, 15) is 31.4 Å². The molecular formula is C17H13F6N3O2. The van der Waals surface area contributed by atoms with Gasteiger partial charge in [0.2, 0.25) is 0 Å². The van der Waals surface area contributed by atoms with E-state index >= 15 is 0 Å². The fourth-order valence-corrected chi connectivity index (χ4v) is 2.65. The van der Waals surface area contributed by atoms with Crippen LogP contribution in [0.15, 0.2) is 34.9 Å². The van der Waals surface area contributed by atoms with Gasteiger partial charge in [0.05, 0.1) is 22.9 Å². The van der Waals surface area contributed by atoms with Crippen LogP contribution in [0.25, 0.3) is 10.9 Å². The predicted molar refractivity (Wildman–Crippen MR) is 86.4 cm³/mol. The molecular weight excluding hydrogens is 392 g/mol. The highest BCUT2D eigenvalue weighted by atomic mass is 19.4. The highest BCUT2D eigenvalue weighted by molar-refractivity contribution is 5.86. The van der Waals surface area contributed by atoms with Crippen molar-refractivity contribution in [2.75, 3.05) is 11.9 Å². The highest BCUT2D eigenvalue weighted by Crippen LogP contribution is 2.38. The van der Waals surface area contributed by atoms with Crippen LogP contribution in [0.2, 0.25) is 0 Å². The van der Waals surface area contributed by atoms with E-state index in [0.717, 1.165) is 6.07 Å². The first-order valence-electron chi connectivity index (χ1n) is 7.89. The Balaban J connectivity index is 2.09. The largest absolute Gasteiger partial charge is 0.433 e. The molecule has 0 saturated carbocycles. The van der Waals surface area contributed by atoms with Crippen LogP contribution in [-0.2, 0) is 12.4 Å². The fraction of sp³-hybridized carbons (Fsp3) is 0.294. The minimum Gasteiger partial charge on any atom is -0.432 e. The van der Waals surface area contributed by atoms with Gasteiger partial charge < -0.3 is 14.8 Å².